The number of non-ortho nitro benzene ring substituents is 1. The number of sulfonamides is 1. The van der Waals surface area contributed by atoms with Crippen molar-refractivity contribution in [2.24, 2.45) is 0 Å². The molecule has 0 spiro atoms. The van der Waals surface area contributed by atoms with Crippen molar-refractivity contribution in [3.05, 3.63) is 69.2 Å². The molecule has 126 valence electrons. The number of thioether (sulfide) groups is 1. The highest BCUT2D eigenvalue weighted by atomic mass is 35.5. The summed E-state index contributed by atoms with van der Waals surface area (Å²) < 4.78 is 27.2. The van der Waals surface area contributed by atoms with Crippen LogP contribution in [0.3, 0.4) is 0 Å². The molecular weight excluding hydrogens is 372 g/mol. The Balaban J connectivity index is 1.99. The van der Waals surface area contributed by atoms with Crippen LogP contribution in [0.2, 0.25) is 5.02 Å². The number of rotatable bonds is 4. The molecule has 9 heteroatoms. The first-order valence-electron chi connectivity index (χ1n) is 7.03. The highest BCUT2D eigenvalue weighted by Crippen LogP contribution is 2.42. The molecule has 3 rings (SSSR count). The van der Waals surface area contributed by atoms with Crippen LogP contribution in [0.15, 0.2) is 53.4 Å². The highest BCUT2D eigenvalue weighted by molar-refractivity contribution is 8.01. The van der Waals surface area contributed by atoms with E-state index in [2.05, 4.69) is 0 Å². The molecule has 1 aliphatic rings. The number of benzene rings is 2. The zero-order valence-corrected chi connectivity index (χ0v) is 14.7. The van der Waals surface area contributed by atoms with E-state index in [0.717, 1.165) is 11.6 Å². The number of nitro benzene ring substituents is 1. The van der Waals surface area contributed by atoms with Crippen molar-refractivity contribution in [2.45, 2.75) is 10.3 Å². The van der Waals surface area contributed by atoms with E-state index in [4.69, 9.17) is 11.6 Å². The van der Waals surface area contributed by atoms with E-state index in [1.165, 1.54) is 34.3 Å². The zero-order valence-electron chi connectivity index (χ0n) is 12.3. The molecule has 24 heavy (non-hydrogen) atoms. The summed E-state index contributed by atoms with van der Waals surface area (Å²) in [5, 5.41) is 11.0. The smallest absolute Gasteiger partial charge is 0.258 e. The van der Waals surface area contributed by atoms with Gasteiger partial charge < -0.3 is 0 Å². The van der Waals surface area contributed by atoms with E-state index >= 15 is 0 Å². The van der Waals surface area contributed by atoms with E-state index < -0.39 is 20.3 Å². The quantitative estimate of drug-likeness (QED) is 0.593. The van der Waals surface area contributed by atoms with Crippen LogP contribution in [0, 0.1) is 10.1 Å². The Bertz CT molecular complexity index is 889. The summed E-state index contributed by atoms with van der Waals surface area (Å²) in [5.41, 5.74) is 0.543. The average molecular weight is 385 g/mol. The average Bonchev–Trinajstić information content (AvgIpc) is 3.05. The van der Waals surface area contributed by atoms with Crippen LogP contribution < -0.4 is 0 Å². The van der Waals surface area contributed by atoms with Gasteiger partial charge in [0.1, 0.15) is 0 Å². The fourth-order valence-corrected chi connectivity index (χ4v) is 5.99. The Morgan fingerprint density at radius 3 is 2.67 bits per heavy atom. The molecule has 0 saturated carbocycles. The number of hydrogen-bond acceptors (Lipinski definition) is 5. The Kier molecular flexibility index (Phi) is 4.82. The molecule has 1 aliphatic heterocycles. The molecule has 0 N–H and O–H groups in total. The lowest BCUT2D eigenvalue weighted by Crippen LogP contribution is -2.30. The van der Waals surface area contributed by atoms with Crippen molar-refractivity contribution in [3.8, 4) is 0 Å². The molecule has 0 radical (unpaired) electrons. The normalized spacial score (nSPS) is 18.6. The highest BCUT2D eigenvalue weighted by Gasteiger charge is 2.37. The Labute approximate surface area is 148 Å². The van der Waals surface area contributed by atoms with Crippen molar-refractivity contribution in [1.82, 2.24) is 4.31 Å². The van der Waals surface area contributed by atoms with Crippen molar-refractivity contribution < 1.29 is 13.3 Å². The van der Waals surface area contributed by atoms with Gasteiger partial charge in [0.2, 0.25) is 10.0 Å². The summed E-state index contributed by atoms with van der Waals surface area (Å²) >= 11 is 7.50. The fourth-order valence-electron chi connectivity index (χ4n) is 2.52. The minimum Gasteiger partial charge on any atom is -0.258 e. The largest absolute Gasteiger partial charge is 0.270 e. The summed E-state index contributed by atoms with van der Waals surface area (Å²) in [6.45, 7) is 0.340. The van der Waals surface area contributed by atoms with Crippen LogP contribution in [0.1, 0.15) is 10.9 Å². The third kappa shape index (κ3) is 3.27. The predicted molar refractivity (Wildman–Crippen MR) is 93.6 cm³/mol. The standard InChI is InChI=1S/C15H13ClN2O4S2/c16-12-4-1-3-11(9-12)15-17(7-8-23-15)24(21,22)14-6-2-5-13(10-14)18(19)20/h1-6,9-10,15H,7-8H2/t15-/m0/s1. The maximum atomic E-state index is 12.9. The number of hydrogen-bond donors (Lipinski definition) is 0. The second-order valence-electron chi connectivity index (χ2n) is 5.15. The van der Waals surface area contributed by atoms with E-state index in [1.54, 1.807) is 18.2 Å². The second-order valence-corrected chi connectivity index (χ2v) is 8.66. The molecule has 2 aromatic carbocycles. The Morgan fingerprint density at radius 1 is 1.21 bits per heavy atom. The van der Waals surface area contributed by atoms with Gasteiger partial charge in [0.15, 0.2) is 0 Å². The minimum absolute atomic E-state index is 0.0776. The number of nitro groups is 1. The van der Waals surface area contributed by atoms with Gasteiger partial charge >= 0.3 is 0 Å². The molecular formula is C15H13ClN2O4S2. The SMILES string of the molecule is O=[N+]([O-])c1cccc(S(=O)(=O)N2CCS[C@H]2c2cccc(Cl)c2)c1. The molecule has 0 amide bonds. The van der Waals surface area contributed by atoms with Gasteiger partial charge in [-0.05, 0) is 23.8 Å². The summed E-state index contributed by atoms with van der Waals surface area (Å²) in [7, 11) is -3.84. The molecule has 0 unspecified atom stereocenters. The second kappa shape index (κ2) is 6.72. The van der Waals surface area contributed by atoms with E-state index in [1.807, 2.05) is 6.07 Å². The van der Waals surface area contributed by atoms with Crippen molar-refractivity contribution in [2.75, 3.05) is 12.3 Å². The van der Waals surface area contributed by atoms with Gasteiger partial charge in [-0.1, -0.05) is 29.8 Å². The molecule has 1 heterocycles. The topological polar surface area (TPSA) is 80.5 Å². The minimum atomic E-state index is -3.84. The molecule has 2 aromatic rings. The van der Waals surface area contributed by atoms with Gasteiger partial charge in [-0.2, -0.15) is 4.31 Å². The molecule has 0 aromatic heterocycles. The van der Waals surface area contributed by atoms with Gasteiger partial charge in [0.25, 0.3) is 5.69 Å². The van der Waals surface area contributed by atoms with Crippen molar-refractivity contribution in [3.63, 3.8) is 0 Å². The van der Waals surface area contributed by atoms with E-state index in [0.29, 0.717) is 17.3 Å². The Morgan fingerprint density at radius 2 is 1.96 bits per heavy atom. The van der Waals surface area contributed by atoms with Gasteiger partial charge in [0, 0.05) is 29.5 Å². The van der Waals surface area contributed by atoms with Crippen LogP contribution in [0.5, 0.6) is 0 Å². The number of nitrogens with zero attached hydrogens (tertiary/aromatic N) is 2. The third-order valence-corrected chi connectivity index (χ3v) is 7.11. The molecule has 0 bridgehead atoms. The molecule has 1 atom stereocenters. The first kappa shape index (κ1) is 17.2. The Hall–Kier alpha value is -1.61. The van der Waals surface area contributed by atoms with Gasteiger partial charge in [0.05, 0.1) is 15.2 Å². The number of halogens is 1. The van der Waals surface area contributed by atoms with Crippen molar-refractivity contribution >= 4 is 39.1 Å². The lowest BCUT2D eigenvalue weighted by atomic mass is 10.2. The maximum absolute atomic E-state index is 12.9. The lowest BCUT2D eigenvalue weighted by Gasteiger charge is -2.23. The third-order valence-electron chi connectivity index (χ3n) is 3.62. The summed E-state index contributed by atoms with van der Waals surface area (Å²) in [4.78, 5) is 10.2. The van der Waals surface area contributed by atoms with Gasteiger partial charge in [-0.25, -0.2) is 8.42 Å². The summed E-state index contributed by atoms with van der Waals surface area (Å²) in [5.74, 6) is 0.644. The maximum Gasteiger partial charge on any atom is 0.270 e. The first-order chi connectivity index (χ1) is 11.4. The molecule has 1 fully saturated rings. The van der Waals surface area contributed by atoms with E-state index in [-0.39, 0.29) is 10.6 Å². The van der Waals surface area contributed by atoms with Gasteiger partial charge in [-0.3, -0.25) is 10.1 Å². The fraction of sp³-hybridized carbons (Fsp3) is 0.200. The summed E-state index contributed by atoms with van der Waals surface area (Å²) in [6.07, 6.45) is 0. The van der Waals surface area contributed by atoms with Crippen LogP contribution >= 0.6 is 23.4 Å². The molecule has 0 aliphatic carbocycles. The lowest BCUT2D eigenvalue weighted by molar-refractivity contribution is -0.385. The van der Waals surface area contributed by atoms with Gasteiger partial charge in [-0.15, -0.1) is 11.8 Å². The van der Waals surface area contributed by atoms with Crippen LogP contribution in [-0.2, 0) is 10.0 Å². The summed E-state index contributed by atoms with van der Waals surface area (Å²) in [6, 6.07) is 12.2. The zero-order chi connectivity index (χ0) is 17.3. The van der Waals surface area contributed by atoms with E-state index in [9.17, 15) is 18.5 Å². The van der Waals surface area contributed by atoms with Crippen LogP contribution in [0.4, 0.5) is 5.69 Å². The molecule has 6 nitrogen and oxygen atoms in total. The first-order valence-corrected chi connectivity index (χ1v) is 9.89. The monoisotopic (exact) mass is 384 g/mol. The molecule has 1 saturated heterocycles. The van der Waals surface area contributed by atoms with Crippen LogP contribution in [0.25, 0.3) is 0 Å². The predicted octanol–water partition coefficient (Wildman–Crippen LogP) is 3.68. The van der Waals surface area contributed by atoms with Crippen molar-refractivity contribution in [1.29, 1.82) is 0 Å². The van der Waals surface area contributed by atoms with Crippen LogP contribution in [-0.4, -0.2) is 29.9 Å².